The molecular formula is C24H32O10. The fourth-order valence-electron chi connectivity index (χ4n) is 5.94. The van der Waals surface area contributed by atoms with Crippen molar-refractivity contribution in [3.8, 4) is 0 Å². The highest BCUT2D eigenvalue weighted by molar-refractivity contribution is 5.91. The molecule has 0 aromatic carbocycles. The Labute approximate surface area is 198 Å². The summed E-state index contributed by atoms with van der Waals surface area (Å²) in [6.45, 7) is 8.13. The van der Waals surface area contributed by atoms with E-state index < -0.39 is 60.3 Å². The second-order valence-corrected chi connectivity index (χ2v) is 10.4. The summed E-state index contributed by atoms with van der Waals surface area (Å²) in [4.78, 5) is 48.0. The van der Waals surface area contributed by atoms with Gasteiger partial charge in [-0.3, -0.25) is 14.4 Å². The molecule has 1 saturated carbocycles. The minimum Gasteiger partial charge on any atom is -0.459 e. The van der Waals surface area contributed by atoms with Gasteiger partial charge in [-0.25, -0.2) is 4.79 Å². The first-order chi connectivity index (χ1) is 15.9. The Hall–Kier alpha value is -2.46. The van der Waals surface area contributed by atoms with Gasteiger partial charge in [0.2, 0.25) is 12.6 Å². The van der Waals surface area contributed by atoms with Crippen LogP contribution in [0.5, 0.6) is 0 Å². The molecule has 0 radical (unpaired) electrons. The smallest absolute Gasteiger partial charge is 0.336 e. The van der Waals surface area contributed by atoms with E-state index in [0.29, 0.717) is 24.8 Å². The molecular weight excluding hydrogens is 448 g/mol. The summed E-state index contributed by atoms with van der Waals surface area (Å²) < 4.78 is 33.4. The van der Waals surface area contributed by atoms with Crippen LogP contribution in [0.4, 0.5) is 0 Å². The summed E-state index contributed by atoms with van der Waals surface area (Å²) in [5.74, 6) is -3.29. The molecule has 3 heterocycles. The average molecular weight is 481 g/mol. The summed E-state index contributed by atoms with van der Waals surface area (Å²) in [5, 5.41) is 0. The molecule has 0 aromatic heterocycles. The minimum atomic E-state index is -1.15. The molecule has 0 aromatic rings. The first kappa shape index (κ1) is 24.7. The average Bonchev–Trinajstić information content (AvgIpc) is 3.26. The maximum Gasteiger partial charge on any atom is 0.336 e. The molecule has 0 amide bonds. The van der Waals surface area contributed by atoms with Crippen LogP contribution in [-0.2, 0) is 47.6 Å². The van der Waals surface area contributed by atoms with Crippen molar-refractivity contribution < 1.29 is 47.6 Å². The van der Waals surface area contributed by atoms with Crippen LogP contribution >= 0.6 is 0 Å². The van der Waals surface area contributed by atoms with Crippen molar-refractivity contribution in [3.63, 3.8) is 0 Å². The number of carbonyl (C=O) groups excluding carboxylic acids is 4. The van der Waals surface area contributed by atoms with E-state index in [2.05, 4.69) is 13.8 Å². The van der Waals surface area contributed by atoms with Gasteiger partial charge < -0.3 is 28.4 Å². The number of esters is 4. The topological polar surface area (TPSA) is 124 Å². The number of ether oxygens (including phenoxy) is 6. The van der Waals surface area contributed by atoms with Gasteiger partial charge in [0.25, 0.3) is 0 Å². The largest absolute Gasteiger partial charge is 0.459 e. The van der Waals surface area contributed by atoms with Crippen molar-refractivity contribution >= 4 is 23.9 Å². The van der Waals surface area contributed by atoms with Crippen LogP contribution in [0.3, 0.4) is 0 Å². The molecule has 3 aliphatic heterocycles. The first-order valence-electron chi connectivity index (χ1n) is 11.7. The van der Waals surface area contributed by atoms with Crippen LogP contribution in [0, 0.1) is 17.3 Å². The van der Waals surface area contributed by atoms with Crippen molar-refractivity contribution in [1.29, 1.82) is 0 Å². The van der Waals surface area contributed by atoms with E-state index in [9.17, 15) is 19.2 Å². The second kappa shape index (κ2) is 8.96. The lowest BCUT2D eigenvalue weighted by Crippen LogP contribution is -2.42. The van der Waals surface area contributed by atoms with Gasteiger partial charge in [0.15, 0.2) is 12.4 Å². The van der Waals surface area contributed by atoms with Crippen LogP contribution in [0.25, 0.3) is 0 Å². The molecule has 1 unspecified atom stereocenters. The van der Waals surface area contributed by atoms with E-state index in [1.165, 1.54) is 20.8 Å². The van der Waals surface area contributed by atoms with Crippen molar-refractivity contribution in [2.75, 3.05) is 0 Å². The summed E-state index contributed by atoms with van der Waals surface area (Å²) in [6, 6.07) is 0. The van der Waals surface area contributed by atoms with Crippen LogP contribution in [0.1, 0.15) is 66.7 Å². The Morgan fingerprint density at radius 2 is 1.71 bits per heavy atom. The summed E-state index contributed by atoms with van der Waals surface area (Å²) in [6.07, 6.45) is 1.49. The maximum atomic E-state index is 12.8. The normalized spacial score (nSPS) is 39.2. The number of carbonyl (C=O) groups is 4. The molecule has 4 fully saturated rings. The predicted molar refractivity (Wildman–Crippen MR) is 113 cm³/mol. The SMILES string of the molecule is CC(=O)O[C@H]1O[C@H]2O[C@H]3OC(=O)C(=CCC4(OC(C)=O)CCCC(C)(C)C4)[C@H]3[C@H]2[C@@H]1OC(C)=O. The molecule has 0 spiro atoms. The van der Waals surface area contributed by atoms with E-state index in [0.717, 1.165) is 12.8 Å². The molecule has 10 heteroatoms. The van der Waals surface area contributed by atoms with Gasteiger partial charge in [0.05, 0.1) is 11.8 Å². The van der Waals surface area contributed by atoms with Crippen LogP contribution in [-0.4, -0.2) is 54.5 Å². The zero-order valence-electron chi connectivity index (χ0n) is 20.2. The fraction of sp³-hybridized carbons (Fsp3) is 0.750. The molecule has 4 rings (SSSR count). The Bertz CT molecular complexity index is 907. The molecule has 0 N–H and O–H groups in total. The minimum absolute atomic E-state index is 0.0105. The van der Waals surface area contributed by atoms with Crippen LogP contribution in [0.15, 0.2) is 11.6 Å². The van der Waals surface area contributed by atoms with E-state index in [4.69, 9.17) is 28.4 Å². The van der Waals surface area contributed by atoms with Gasteiger partial charge in [0, 0.05) is 32.8 Å². The van der Waals surface area contributed by atoms with E-state index in [1.54, 1.807) is 6.08 Å². The molecule has 34 heavy (non-hydrogen) atoms. The quantitative estimate of drug-likeness (QED) is 0.329. The number of rotatable bonds is 5. The summed E-state index contributed by atoms with van der Waals surface area (Å²) in [5.41, 5.74) is -0.375. The lowest BCUT2D eigenvalue weighted by molar-refractivity contribution is -0.244. The Kier molecular flexibility index (Phi) is 6.50. The van der Waals surface area contributed by atoms with Gasteiger partial charge in [-0.05, 0) is 31.1 Å². The molecule has 10 nitrogen and oxygen atoms in total. The number of fused-ring (bicyclic) bond motifs is 3. The van der Waals surface area contributed by atoms with Gasteiger partial charge >= 0.3 is 23.9 Å². The van der Waals surface area contributed by atoms with Gasteiger partial charge in [-0.1, -0.05) is 19.9 Å². The third-order valence-corrected chi connectivity index (χ3v) is 6.95. The molecule has 188 valence electrons. The van der Waals surface area contributed by atoms with Gasteiger partial charge in [-0.2, -0.15) is 0 Å². The zero-order valence-corrected chi connectivity index (χ0v) is 20.2. The van der Waals surface area contributed by atoms with E-state index in [1.807, 2.05) is 0 Å². The van der Waals surface area contributed by atoms with Crippen molar-refractivity contribution in [3.05, 3.63) is 11.6 Å². The summed E-state index contributed by atoms with van der Waals surface area (Å²) in [7, 11) is 0. The van der Waals surface area contributed by atoms with Crippen LogP contribution < -0.4 is 0 Å². The second-order valence-electron chi connectivity index (χ2n) is 10.4. The fourth-order valence-corrected chi connectivity index (χ4v) is 5.94. The Morgan fingerprint density at radius 3 is 2.32 bits per heavy atom. The maximum absolute atomic E-state index is 12.8. The molecule has 3 saturated heterocycles. The number of hydrogen-bond acceptors (Lipinski definition) is 10. The van der Waals surface area contributed by atoms with Crippen molar-refractivity contribution in [2.45, 2.75) is 97.3 Å². The standard InChI is InChI=1S/C24H32O10/c1-12(25)29-18-17-16-15(7-10-24(34-14(3)27)9-6-8-23(4,5)11-24)19(28)31-20(16)32-21(17)33-22(18)30-13(2)26/h7,16-18,20-22H,6,8-11H2,1-5H3/t16-,17-,18-,20+,21+,22-,24?/m0/s1. The lowest BCUT2D eigenvalue weighted by atomic mass is 9.68. The van der Waals surface area contributed by atoms with E-state index in [-0.39, 0.29) is 11.4 Å². The molecule has 4 aliphatic rings. The monoisotopic (exact) mass is 480 g/mol. The Balaban J connectivity index is 1.62. The lowest BCUT2D eigenvalue weighted by Gasteiger charge is -2.44. The zero-order chi connectivity index (χ0) is 24.8. The Morgan fingerprint density at radius 1 is 1.00 bits per heavy atom. The number of hydrogen-bond donors (Lipinski definition) is 0. The highest BCUT2D eigenvalue weighted by Crippen LogP contribution is 2.52. The van der Waals surface area contributed by atoms with Crippen LogP contribution in [0.2, 0.25) is 0 Å². The third kappa shape index (κ3) is 4.84. The highest BCUT2D eigenvalue weighted by Gasteiger charge is 2.64. The highest BCUT2D eigenvalue weighted by atomic mass is 16.8. The first-order valence-corrected chi connectivity index (χ1v) is 11.7. The van der Waals surface area contributed by atoms with Gasteiger partial charge in [0.1, 0.15) is 5.60 Å². The molecule has 7 atom stereocenters. The van der Waals surface area contributed by atoms with Gasteiger partial charge in [-0.15, -0.1) is 0 Å². The van der Waals surface area contributed by atoms with E-state index >= 15 is 0 Å². The third-order valence-electron chi connectivity index (χ3n) is 6.95. The summed E-state index contributed by atoms with van der Waals surface area (Å²) >= 11 is 0. The van der Waals surface area contributed by atoms with Crippen molar-refractivity contribution in [1.82, 2.24) is 0 Å². The molecule has 0 bridgehead atoms. The van der Waals surface area contributed by atoms with Crippen molar-refractivity contribution in [2.24, 2.45) is 17.3 Å². The predicted octanol–water partition coefficient (Wildman–Crippen LogP) is 2.53. The molecule has 1 aliphatic carbocycles.